The summed E-state index contributed by atoms with van der Waals surface area (Å²) in [5, 5.41) is 7.23. The van der Waals surface area contributed by atoms with Gasteiger partial charge in [-0.25, -0.2) is 0 Å². The zero-order chi connectivity index (χ0) is 36.7. The molecule has 1 aliphatic carbocycles. The quantitative estimate of drug-likeness (QED) is 0.166. The van der Waals surface area contributed by atoms with Gasteiger partial charge in [0.2, 0.25) is 0 Å². The molecule has 0 amide bonds. The minimum Gasteiger partial charge on any atom is -0.456 e. The second-order valence-electron chi connectivity index (χ2n) is 15.3. The van der Waals surface area contributed by atoms with Crippen molar-refractivity contribution in [3.8, 4) is 33.4 Å². The number of furan rings is 1. The summed E-state index contributed by atoms with van der Waals surface area (Å²) >= 11 is 0. The molecule has 9 aromatic carbocycles. The molecule has 0 aliphatic heterocycles. The first-order valence-corrected chi connectivity index (χ1v) is 19.1. The van der Waals surface area contributed by atoms with Gasteiger partial charge in [0, 0.05) is 39.2 Å². The molecular formula is C53H37NO. The highest BCUT2D eigenvalue weighted by atomic mass is 16.3. The Morgan fingerprint density at radius 1 is 0.400 bits per heavy atom. The van der Waals surface area contributed by atoms with E-state index in [-0.39, 0.29) is 5.41 Å². The Morgan fingerprint density at radius 3 is 1.91 bits per heavy atom. The molecule has 0 radical (unpaired) electrons. The van der Waals surface area contributed by atoms with Gasteiger partial charge in [-0.05, 0) is 103 Å². The number of benzene rings is 9. The molecule has 1 aromatic heterocycles. The summed E-state index contributed by atoms with van der Waals surface area (Å²) in [6.45, 7) is 4.71. The van der Waals surface area contributed by atoms with Gasteiger partial charge in [0.05, 0.1) is 5.69 Å². The number of hydrogen-bond donors (Lipinski definition) is 0. The summed E-state index contributed by atoms with van der Waals surface area (Å²) in [5.41, 5.74) is 14.9. The maximum Gasteiger partial charge on any atom is 0.137 e. The first kappa shape index (κ1) is 31.6. The van der Waals surface area contributed by atoms with Crippen LogP contribution in [-0.4, -0.2) is 0 Å². The molecule has 10 aromatic rings. The summed E-state index contributed by atoms with van der Waals surface area (Å²) in [4.78, 5) is 2.45. The number of rotatable bonds is 5. The largest absolute Gasteiger partial charge is 0.456 e. The topological polar surface area (TPSA) is 16.4 Å². The summed E-state index contributed by atoms with van der Waals surface area (Å²) in [5.74, 6) is 0. The van der Waals surface area contributed by atoms with Crippen LogP contribution in [0.25, 0.3) is 76.9 Å². The number of anilines is 3. The van der Waals surface area contributed by atoms with Crippen molar-refractivity contribution in [2.75, 3.05) is 4.90 Å². The smallest absolute Gasteiger partial charge is 0.137 e. The highest BCUT2D eigenvalue weighted by molar-refractivity contribution is 6.16. The standard InChI is InChI=1S/C53H37NO/c1-53(2)47-24-12-10-21-41(47)42-29-27-36(32-48(42)53)54(37-28-30-44-43-22-11-13-26-50(43)55-51(44)33-37)49-25-14-23-45(52(49)34-15-4-3-5-16-34)46-31-35-17-6-7-18-38(35)39-19-8-9-20-40(39)46/h3-33H,1-2H3. The molecule has 1 heterocycles. The van der Waals surface area contributed by atoms with Crippen LogP contribution >= 0.6 is 0 Å². The van der Waals surface area contributed by atoms with E-state index in [1.807, 2.05) is 6.07 Å². The summed E-state index contributed by atoms with van der Waals surface area (Å²) in [7, 11) is 0. The second-order valence-corrected chi connectivity index (χ2v) is 15.3. The molecule has 1 aliphatic rings. The van der Waals surface area contributed by atoms with E-state index in [2.05, 4.69) is 201 Å². The first-order chi connectivity index (χ1) is 27.0. The van der Waals surface area contributed by atoms with Crippen LogP contribution in [0.4, 0.5) is 17.1 Å². The molecule has 0 fully saturated rings. The van der Waals surface area contributed by atoms with Crippen LogP contribution in [-0.2, 0) is 5.41 Å². The van der Waals surface area contributed by atoms with Crippen LogP contribution < -0.4 is 4.90 Å². The van der Waals surface area contributed by atoms with Crippen molar-refractivity contribution < 1.29 is 4.42 Å². The molecule has 260 valence electrons. The Labute approximate surface area is 320 Å². The van der Waals surface area contributed by atoms with Gasteiger partial charge < -0.3 is 9.32 Å². The molecule has 2 nitrogen and oxygen atoms in total. The fourth-order valence-electron chi connectivity index (χ4n) is 9.25. The van der Waals surface area contributed by atoms with E-state index in [0.717, 1.165) is 44.6 Å². The molecule has 0 saturated carbocycles. The predicted molar refractivity (Wildman–Crippen MR) is 232 cm³/mol. The van der Waals surface area contributed by atoms with Gasteiger partial charge in [-0.3, -0.25) is 0 Å². The van der Waals surface area contributed by atoms with Crippen molar-refractivity contribution in [3.63, 3.8) is 0 Å². The monoisotopic (exact) mass is 703 g/mol. The lowest BCUT2D eigenvalue weighted by molar-refractivity contribution is 0.660. The van der Waals surface area contributed by atoms with Gasteiger partial charge in [0.1, 0.15) is 11.2 Å². The Balaban J connectivity index is 1.22. The summed E-state index contributed by atoms with van der Waals surface area (Å²) in [6.07, 6.45) is 0. The first-order valence-electron chi connectivity index (χ1n) is 19.1. The van der Waals surface area contributed by atoms with E-state index in [0.29, 0.717) is 0 Å². The lowest BCUT2D eigenvalue weighted by Crippen LogP contribution is -2.17. The molecule has 0 spiro atoms. The van der Waals surface area contributed by atoms with E-state index in [9.17, 15) is 0 Å². The maximum atomic E-state index is 6.53. The Bertz CT molecular complexity index is 3130. The lowest BCUT2D eigenvalue weighted by atomic mass is 9.82. The number of nitrogens with zero attached hydrogens (tertiary/aromatic N) is 1. The highest BCUT2D eigenvalue weighted by Crippen LogP contribution is 2.53. The Hall–Kier alpha value is -6.90. The average molecular weight is 704 g/mol. The van der Waals surface area contributed by atoms with Crippen LogP contribution in [0.5, 0.6) is 0 Å². The predicted octanol–water partition coefficient (Wildman–Crippen LogP) is 15.0. The Kier molecular flexibility index (Phi) is 6.93. The van der Waals surface area contributed by atoms with Crippen LogP contribution in [0.2, 0.25) is 0 Å². The average Bonchev–Trinajstić information content (AvgIpc) is 3.72. The molecule has 0 N–H and O–H groups in total. The molecule has 11 rings (SSSR count). The molecule has 0 bridgehead atoms. The Morgan fingerprint density at radius 2 is 1.04 bits per heavy atom. The summed E-state index contributed by atoms with van der Waals surface area (Å²) < 4.78 is 6.53. The molecule has 0 saturated heterocycles. The normalized spacial score (nSPS) is 13.1. The van der Waals surface area contributed by atoms with E-state index in [1.54, 1.807) is 0 Å². The van der Waals surface area contributed by atoms with Gasteiger partial charge in [-0.15, -0.1) is 0 Å². The number of para-hydroxylation sites is 1. The van der Waals surface area contributed by atoms with Crippen molar-refractivity contribution in [1.29, 1.82) is 0 Å². The van der Waals surface area contributed by atoms with Crippen molar-refractivity contribution in [3.05, 3.63) is 199 Å². The third-order valence-corrected chi connectivity index (χ3v) is 11.8. The highest BCUT2D eigenvalue weighted by Gasteiger charge is 2.36. The summed E-state index contributed by atoms with van der Waals surface area (Å²) in [6, 6.07) is 68.6. The maximum absolute atomic E-state index is 6.53. The van der Waals surface area contributed by atoms with Gasteiger partial charge in [0.15, 0.2) is 0 Å². The molecular weight excluding hydrogens is 667 g/mol. The lowest BCUT2D eigenvalue weighted by Gasteiger charge is -2.31. The minimum atomic E-state index is -0.148. The molecule has 2 heteroatoms. The van der Waals surface area contributed by atoms with Gasteiger partial charge >= 0.3 is 0 Å². The fourth-order valence-corrected chi connectivity index (χ4v) is 9.25. The van der Waals surface area contributed by atoms with Crippen molar-refractivity contribution in [1.82, 2.24) is 0 Å². The number of fused-ring (bicyclic) bond motifs is 9. The van der Waals surface area contributed by atoms with Crippen molar-refractivity contribution >= 4 is 60.5 Å². The second kappa shape index (κ2) is 12.1. The third kappa shape index (κ3) is 4.81. The molecule has 0 unspecified atom stereocenters. The fraction of sp³-hybridized carbons (Fsp3) is 0.0566. The van der Waals surface area contributed by atoms with E-state index >= 15 is 0 Å². The van der Waals surface area contributed by atoms with Gasteiger partial charge in [0.25, 0.3) is 0 Å². The van der Waals surface area contributed by atoms with Crippen LogP contribution in [0, 0.1) is 0 Å². The molecule has 0 atom stereocenters. The van der Waals surface area contributed by atoms with E-state index in [1.165, 1.54) is 60.5 Å². The van der Waals surface area contributed by atoms with E-state index in [4.69, 9.17) is 4.42 Å². The SMILES string of the molecule is CC1(C)c2ccccc2-c2ccc(N(c3ccc4c(c3)oc3ccccc34)c3cccc(-c4cc5ccccc5c5ccccc45)c3-c3ccccc3)cc21. The van der Waals surface area contributed by atoms with Gasteiger partial charge in [-0.1, -0.05) is 153 Å². The third-order valence-electron chi connectivity index (χ3n) is 11.8. The van der Waals surface area contributed by atoms with Crippen molar-refractivity contribution in [2.24, 2.45) is 0 Å². The zero-order valence-corrected chi connectivity index (χ0v) is 30.8. The minimum absolute atomic E-state index is 0.148. The van der Waals surface area contributed by atoms with Crippen LogP contribution in [0.1, 0.15) is 25.0 Å². The zero-order valence-electron chi connectivity index (χ0n) is 30.8. The van der Waals surface area contributed by atoms with Crippen LogP contribution in [0.15, 0.2) is 192 Å². The van der Waals surface area contributed by atoms with Gasteiger partial charge in [-0.2, -0.15) is 0 Å². The van der Waals surface area contributed by atoms with E-state index < -0.39 is 0 Å². The molecule has 55 heavy (non-hydrogen) atoms. The number of hydrogen-bond acceptors (Lipinski definition) is 2. The van der Waals surface area contributed by atoms with Crippen LogP contribution in [0.3, 0.4) is 0 Å². The van der Waals surface area contributed by atoms with Crippen molar-refractivity contribution in [2.45, 2.75) is 19.3 Å².